The lowest BCUT2D eigenvalue weighted by Crippen LogP contribution is -2.56. The van der Waals surface area contributed by atoms with E-state index in [1.807, 2.05) is 12.1 Å². The Bertz CT molecular complexity index is 914. The molecule has 7 heteroatoms. The third-order valence-electron chi connectivity index (χ3n) is 8.05. The second kappa shape index (κ2) is 10.6. The van der Waals surface area contributed by atoms with E-state index in [0.29, 0.717) is 18.8 Å². The maximum absolute atomic E-state index is 12.0. The first-order valence-corrected chi connectivity index (χ1v) is 13.9. The van der Waals surface area contributed by atoms with Crippen molar-refractivity contribution in [2.75, 3.05) is 46.3 Å². The van der Waals surface area contributed by atoms with Crippen LogP contribution < -0.4 is 4.74 Å². The molecule has 1 spiro atoms. The Balaban J connectivity index is 1.56. The van der Waals surface area contributed by atoms with E-state index >= 15 is 0 Å². The number of nitrogens with zero attached hydrogens (tertiary/aromatic N) is 3. The third-order valence-corrected chi connectivity index (χ3v) is 8.81. The van der Waals surface area contributed by atoms with Crippen LogP contribution in [0, 0.1) is 0 Å². The number of hydrogen-bond donors (Lipinski definition) is 1. The average molecular weight is 486 g/mol. The molecule has 4 rings (SSSR count). The number of rotatable bonds is 8. The summed E-state index contributed by atoms with van der Waals surface area (Å²) in [4.78, 5) is 6.79. The van der Waals surface area contributed by atoms with Crippen molar-refractivity contribution in [3.05, 3.63) is 65.7 Å². The normalized spacial score (nSPS) is 29.1. The summed E-state index contributed by atoms with van der Waals surface area (Å²) in [6.45, 7) is 2.13. The Hall–Kier alpha value is -1.61. The molecule has 0 aromatic heterocycles. The Kier molecular flexibility index (Phi) is 7.92. The van der Waals surface area contributed by atoms with E-state index in [1.165, 1.54) is 5.56 Å². The van der Waals surface area contributed by atoms with Crippen molar-refractivity contribution < 1.29 is 14.4 Å². The van der Waals surface area contributed by atoms with Crippen LogP contribution in [-0.2, 0) is 23.3 Å². The Morgan fingerprint density at radius 1 is 1.06 bits per heavy atom. The Labute approximate surface area is 207 Å². The van der Waals surface area contributed by atoms with Crippen LogP contribution >= 0.6 is 0 Å². The van der Waals surface area contributed by atoms with Crippen LogP contribution in [0.3, 0.4) is 0 Å². The molecule has 2 unspecified atom stereocenters. The summed E-state index contributed by atoms with van der Waals surface area (Å²) in [6.07, 6.45) is 5.11. The van der Waals surface area contributed by atoms with E-state index in [4.69, 9.17) is 4.74 Å². The van der Waals surface area contributed by atoms with Gasteiger partial charge in [0.2, 0.25) is 0 Å². The molecule has 2 aliphatic rings. The second-order valence-electron chi connectivity index (χ2n) is 10.1. The summed E-state index contributed by atoms with van der Waals surface area (Å²) in [5.74, 6) is 1.41. The maximum atomic E-state index is 12.0. The van der Waals surface area contributed by atoms with E-state index in [0.717, 1.165) is 43.5 Å². The van der Waals surface area contributed by atoms with Crippen LogP contribution in [0.4, 0.5) is 0 Å². The van der Waals surface area contributed by atoms with Crippen molar-refractivity contribution in [2.24, 2.45) is 0 Å². The quantitative estimate of drug-likeness (QED) is 0.580. The lowest BCUT2D eigenvalue weighted by molar-refractivity contribution is -0.0905. The van der Waals surface area contributed by atoms with Crippen molar-refractivity contribution >= 4 is 11.2 Å². The van der Waals surface area contributed by atoms with Crippen LogP contribution in [0.25, 0.3) is 0 Å². The predicted octanol–water partition coefficient (Wildman–Crippen LogP) is 3.24. The largest absolute Gasteiger partial charge is 0.617 e. The van der Waals surface area contributed by atoms with Crippen molar-refractivity contribution in [1.29, 1.82) is 0 Å². The van der Waals surface area contributed by atoms with Gasteiger partial charge in [0, 0.05) is 30.7 Å². The highest BCUT2D eigenvalue weighted by Gasteiger charge is 2.54. The molecule has 6 nitrogen and oxygen atoms in total. The van der Waals surface area contributed by atoms with Crippen molar-refractivity contribution in [3.8, 4) is 5.75 Å². The molecular formula is C27H39N3O3S. The summed E-state index contributed by atoms with van der Waals surface area (Å²) in [7, 11) is 6.04. The van der Waals surface area contributed by atoms with Crippen LogP contribution in [0.15, 0.2) is 54.6 Å². The number of ether oxygens (including phenoxy) is 1. The van der Waals surface area contributed by atoms with E-state index in [1.54, 1.807) is 13.4 Å². The van der Waals surface area contributed by atoms with Gasteiger partial charge in [-0.15, -0.1) is 0 Å². The van der Waals surface area contributed by atoms with Gasteiger partial charge in [0.1, 0.15) is 11.5 Å². The molecule has 2 fully saturated rings. The molecule has 0 bridgehead atoms. The number of benzene rings is 2. The first kappa shape index (κ1) is 25.5. The van der Waals surface area contributed by atoms with Gasteiger partial charge in [-0.1, -0.05) is 53.6 Å². The smallest absolute Gasteiger partial charge is 0.166 e. The first-order chi connectivity index (χ1) is 16.3. The summed E-state index contributed by atoms with van der Waals surface area (Å²) in [6, 6.07) is 18.9. The molecule has 34 heavy (non-hydrogen) atoms. The molecule has 186 valence electrons. The summed E-state index contributed by atoms with van der Waals surface area (Å²) >= 11 is -0.896. The van der Waals surface area contributed by atoms with Crippen molar-refractivity contribution in [3.63, 3.8) is 0 Å². The number of hydrogen-bond acceptors (Lipinski definition) is 6. The highest BCUT2D eigenvalue weighted by atomic mass is 32.2. The molecule has 1 aliphatic heterocycles. The molecule has 1 saturated heterocycles. The van der Waals surface area contributed by atoms with Gasteiger partial charge in [0.05, 0.1) is 13.4 Å². The molecule has 2 aromatic carbocycles. The van der Waals surface area contributed by atoms with Gasteiger partial charge in [-0.3, -0.25) is 14.7 Å². The predicted molar refractivity (Wildman–Crippen MR) is 138 cm³/mol. The molecule has 2 atom stereocenters. The molecule has 2 aromatic rings. The molecular weight excluding hydrogens is 446 g/mol. The fourth-order valence-electron chi connectivity index (χ4n) is 5.99. The van der Waals surface area contributed by atoms with Crippen molar-refractivity contribution in [2.45, 2.75) is 49.7 Å². The maximum Gasteiger partial charge on any atom is 0.166 e. The zero-order valence-corrected chi connectivity index (χ0v) is 21.8. The molecule has 0 radical (unpaired) electrons. The summed E-state index contributed by atoms with van der Waals surface area (Å²) in [5.41, 5.74) is 2.41. The summed E-state index contributed by atoms with van der Waals surface area (Å²) < 4.78 is 17.3. The zero-order chi connectivity index (χ0) is 24.3. The minimum atomic E-state index is -0.896. The standard InChI is InChI=1S/C27H39N3O3S/c1-28(2)27(23-8-6-5-7-9-23)16-14-26(15-17-27)21-29(25(31)30(26)18-19-34(4)32)20-22-10-12-24(33-3)13-11-22/h5-13,25,31H,14-21H2,1-4H3/t25?,26-,27+,34?. The Morgan fingerprint density at radius 3 is 2.26 bits per heavy atom. The monoisotopic (exact) mass is 485 g/mol. The van der Waals surface area contributed by atoms with Gasteiger partial charge in [-0.25, -0.2) is 0 Å². The third kappa shape index (κ3) is 5.01. The molecule has 1 saturated carbocycles. The second-order valence-corrected chi connectivity index (χ2v) is 11.6. The SMILES string of the molecule is COc1ccc(CN2C[C@]3(CC[C@](c4ccccc4)(N(C)C)CC3)N(CC[S+](C)[O-])C2O)cc1. The Morgan fingerprint density at radius 2 is 1.71 bits per heavy atom. The van der Waals surface area contributed by atoms with Gasteiger partial charge in [-0.2, -0.15) is 0 Å². The zero-order valence-electron chi connectivity index (χ0n) is 20.9. The highest BCUT2D eigenvalue weighted by molar-refractivity contribution is 7.90. The van der Waals surface area contributed by atoms with E-state index < -0.39 is 17.5 Å². The minimum absolute atomic E-state index is 0.000111. The number of methoxy groups -OCH3 is 1. The fraction of sp³-hybridized carbons (Fsp3) is 0.556. The number of aliphatic hydroxyl groups excluding tert-OH is 1. The summed E-state index contributed by atoms with van der Waals surface area (Å²) in [5, 5.41) is 11.4. The van der Waals surface area contributed by atoms with Gasteiger partial charge in [-0.05, 0) is 63.0 Å². The average Bonchev–Trinajstić information content (AvgIpc) is 3.09. The van der Waals surface area contributed by atoms with Gasteiger partial charge < -0.3 is 14.4 Å². The number of aliphatic hydroxyl groups is 1. The molecule has 0 amide bonds. The van der Waals surface area contributed by atoms with Gasteiger partial charge in [0.25, 0.3) is 0 Å². The van der Waals surface area contributed by atoms with Crippen LogP contribution in [-0.4, -0.2) is 82.6 Å². The van der Waals surface area contributed by atoms with Gasteiger partial charge >= 0.3 is 0 Å². The van der Waals surface area contributed by atoms with Gasteiger partial charge in [0.15, 0.2) is 6.35 Å². The van der Waals surface area contributed by atoms with Crippen LogP contribution in [0.2, 0.25) is 0 Å². The molecule has 1 N–H and O–H groups in total. The molecule has 1 aliphatic carbocycles. The van der Waals surface area contributed by atoms with Crippen molar-refractivity contribution in [1.82, 2.24) is 14.7 Å². The lowest BCUT2D eigenvalue weighted by Gasteiger charge is -2.51. The van der Waals surface area contributed by atoms with E-state index in [9.17, 15) is 9.66 Å². The van der Waals surface area contributed by atoms with E-state index in [-0.39, 0.29) is 11.1 Å². The molecule has 1 heterocycles. The topological polar surface area (TPSA) is 62.2 Å². The first-order valence-electron chi connectivity index (χ1n) is 12.1. The van der Waals surface area contributed by atoms with Crippen LogP contribution in [0.1, 0.15) is 36.8 Å². The minimum Gasteiger partial charge on any atom is -0.617 e. The van der Waals surface area contributed by atoms with E-state index in [2.05, 4.69) is 71.3 Å². The highest BCUT2D eigenvalue weighted by Crippen LogP contribution is 2.49. The van der Waals surface area contributed by atoms with Crippen LogP contribution in [0.5, 0.6) is 5.75 Å². The lowest BCUT2D eigenvalue weighted by atomic mass is 9.68. The fourth-order valence-corrected chi connectivity index (χ4v) is 6.45.